The highest BCUT2D eigenvalue weighted by molar-refractivity contribution is 7.92. The van der Waals surface area contributed by atoms with Crippen molar-refractivity contribution in [2.75, 3.05) is 25.4 Å². The number of carbonyl (C=O) groups is 1. The topological polar surface area (TPSA) is 91.6 Å². The molecule has 1 amide bonds. The van der Waals surface area contributed by atoms with Crippen LogP contribution in [0.25, 0.3) is 0 Å². The molecule has 0 spiro atoms. The van der Waals surface area contributed by atoms with Crippen LogP contribution in [0.15, 0.2) is 76.2 Å². The Bertz CT molecular complexity index is 1110. The maximum Gasteiger partial charge on any atom is 0.261 e. The lowest BCUT2D eigenvalue weighted by Gasteiger charge is -2.22. The second kappa shape index (κ2) is 9.15. The van der Waals surface area contributed by atoms with Crippen LogP contribution in [0.2, 0.25) is 0 Å². The molecular formula is C22H25N3O4S. The molecule has 1 atom stereocenters. The predicted molar refractivity (Wildman–Crippen MR) is 116 cm³/mol. The number of carbonyl (C=O) groups excluding carboxylic acids is 1. The van der Waals surface area contributed by atoms with E-state index in [1.807, 2.05) is 38.1 Å². The summed E-state index contributed by atoms with van der Waals surface area (Å²) in [5.74, 6) is 0.375. The molecule has 1 heterocycles. The van der Waals surface area contributed by atoms with Gasteiger partial charge in [0.25, 0.3) is 15.9 Å². The minimum atomic E-state index is -3.82. The van der Waals surface area contributed by atoms with Crippen molar-refractivity contribution in [1.29, 1.82) is 0 Å². The molecular weight excluding hydrogens is 402 g/mol. The molecule has 158 valence electrons. The molecule has 0 saturated carbocycles. The van der Waals surface area contributed by atoms with Crippen molar-refractivity contribution < 1.29 is 17.6 Å². The van der Waals surface area contributed by atoms with Gasteiger partial charge in [-0.1, -0.05) is 18.2 Å². The van der Waals surface area contributed by atoms with Gasteiger partial charge in [0.2, 0.25) is 0 Å². The molecule has 3 aromatic rings. The maximum atomic E-state index is 12.7. The van der Waals surface area contributed by atoms with Crippen LogP contribution in [0.5, 0.6) is 0 Å². The second-order valence-corrected chi connectivity index (χ2v) is 8.89. The molecule has 7 nitrogen and oxygen atoms in total. The Balaban J connectivity index is 1.73. The summed E-state index contributed by atoms with van der Waals surface area (Å²) in [6, 6.07) is 16.5. The fourth-order valence-corrected chi connectivity index (χ4v) is 4.13. The van der Waals surface area contributed by atoms with E-state index in [0.717, 1.165) is 11.3 Å². The Morgan fingerprint density at radius 2 is 1.83 bits per heavy atom. The average Bonchev–Trinajstić information content (AvgIpc) is 3.22. The zero-order valence-corrected chi connectivity index (χ0v) is 17.9. The van der Waals surface area contributed by atoms with E-state index in [-0.39, 0.29) is 22.4 Å². The summed E-state index contributed by atoms with van der Waals surface area (Å²) in [4.78, 5) is 14.6. The number of likely N-dealkylation sites (N-methyl/N-ethyl adjacent to an activating group) is 1. The van der Waals surface area contributed by atoms with E-state index in [1.165, 1.54) is 12.1 Å². The van der Waals surface area contributed by atoms with Crippen LogP contribution < -0.4 is 10.0 Å². The lowest BCUT2D eigenvalue weighted by Crippen LogP contribution is -2.34. The third kappa shape index (κ3) is 5.28. The first-order chi connectivity index (χ1) is 14.3. The lowest BCUT2D eigenvalue weighted by atomic mass is 10.2. The molecule has 0 bridgehead atoms. The first kappa shape index (κ1) is 21.6. The Morgan fingerprint density at radius 3 is 2.50 bits per heavy atom. The van der Waals surface area contributed by atoms with Crippen molar-refractivity contribution in [2.24, 2.45) is 0 Å². The number of hydrogen-bond acceptors (Lipinski definition) is 5. The molecule has 0 fully saturated rings. The molecule has 1 aromatic heterocycles. The molecule has 0 aliphatic heterocycles. The molecule has 0 aliphatic carbocycles. The van der Waals surface area contributed by atoms with Crippen LogP contribution in [0.3, 0.4) is 0 Å². The van der Waals surface area contributed by atoms with E-state index in [0.29, 0.717) is 12.2 Å². The van der Waals surface area contributed by atoms with Gasteiger partial charge in [0.05, 0.1) is 17.2 Å². The molecule has 8 heteroatoms. The predicted octanol–water partition coefficient (Wildman–Crippen LogP) is 3.42. The highest BCUT2D eigenvalue weighted by Gasteiger charge is 2.20. The van der Waals surface area contributed by atoms with E-state index >= 15 is 0 Å². The Morgan fingerprint density at radius 1 is 1.07 bits per heavy atom. The Kier molecular flexibility index (Phi) is 6.59. The molecule has 2 N–H and O–H groups in total. The lowest BCUT2D eigenvalue weighted by molar-refractivity contribution is 0.0939. The van der Waals surface area contributed by atoms with E-state index in [4.69, 9.17) is 4.42 Å². The number of amides is 1. The summed E-state index contributed by atoms with van der Waals surface area (Å²) < 4.78 is 33.5. The fraction of sp³-hybridized carbons (Fsp3) is 0.227. The first-order valence-electron chi connectivity index (χ1n) is 9.44. The van der Waals surface area contributed by atoms with Gasteiger partial charge in [0.15, 0.2) is 0 Å². The summed E-state index contributed by atoms with van der Waals surface area (Å²) in [5, 5.41) is 2.85. The van der Waals surface area contributed by atoms with E-state index < -0.39 is 10.0 Å². The van der Waals surface area contributed by atoms with Crippen LogP contribution in [-0.2, 0) is 10.0 Å². The highest BCUT2D eigenvalue weighted by atomic mass is 32.2. The standard InChI is InChI=1S/C22H25N3O4S/c1-16-7-4-9-18(13-16)24-30(27,28)19-10-5-8-17(14-19)22(26)23-15-20(25(2)3)21-11-6-12-29-21/h4-14,20,24H,15H2,1-3H3,(H,23,26)/t20-/m0/s1. The van der Waals surface area contributed by atoms with E-state index in [9.17, 15) is 13.2 Å². The van der Waals surface area contributed by atoms with Gasteiger partial charge in [-0.25, -0.2) is 8.42 Å². The fourth-order valence-electron chi connectivity index (χ4n) is 3.04. The molecule has 0 aliphatic rings. The smallest absolute Gasteiger partial charge is 0.261 e. The summed E-state index contributed by atoms with van der Waals surface area (Å²) in [5.41, 5.74) is 1.67. The zero-order chi connectivity index (χ0) is 21.7. The average molecular weight is 428 g/mol. The van der Waals surface area contributed by atoms with Crippen LogP contribution in [0, 0.1) is 6.92 Å². The molecule has 0 unspecified atom stereocenters. The van der Waals surface area contributed by atoms with Gasteiger partial charge in [-0.2, -0.15) is 0 Å². The van der Waals surface area contributed by atoms with Crippen LogP contribution in [0.4, 0.5) is 5.69 Å². The molecule has 0 saturated heterocycles. The van der Waals surface area contributed by atoms with Gasteiger partial charge in [-0.3, -0.25) is 14.4 Å². The highest BCUT2D eigenvalue weighted by Crippen LogP contribution is 2.20. The SMILES string of the molecule is Cc1cccc(NS(=O)(=O)c2cccc(C(=O)NC[C@@H](c3ccco3)N(C)C)c2)c1. The largest absolute Gasteiger partial charge is 0.468 e. The molecule has 3 rings (SSSR count). The Hall–Kier alpha value is -3.10. The van der Waals surface area contributed by atoms with Crippen LogP contribution >= 0.6 is 0 Å². The number of anilines is 1. The number of aryl methyl sites for hydroxylation is 1. The number of furan rings is 1. The summed E-state index contributed by atoms with van der Waals surface area (Å²) >= 11 is 0. The van der Waals surface area contributed by atoms with Gasteiger partial charge in [-0.15, -0.1) is 0 Å². The summed E-state index contributed by atoms with van der Waals surface area (Å²) in [6.45, 7) is 2.20. The number of nitrogens with zero attached hydrogens (tertiary/aromatic N) is 1. The molecule has 0 radical (unpaired) electrons. The Labute approximate surface area is 176 Å². The van der Waals surface area contributed by atoms with Crippen LogP contribution in [0.1, 0.15) is 27.7 Å². The zero-order valence-electron chi connectivity index (χ0n) is 17.1. The minimum absolute atomic E-state index is 0.0202. The first-order valence-corrected chi connectivity index (χ1v) is 10.9. The van der Waals surface area contributed by atoms with Gasteiger partial charge < -0.3 is 9.73 Å². The molecule has 2 aromatic carbocycles. The van der Waals surface area contributed by atoms with Gasteiger partial charge in [-0.05, 0) is 69.0 Å². The second-order valence-electron chi connectivity index (χ2n) is 7.21. The van der Waals surface area contributed by atoms with Crippen molar-refractivity contribution in [3.05, 3.63) is 83.8 Å². The van der Waals surface area contributed by atoms with Crippen molar-refractivity contribution >= 4 is 21.6 Å². The van der Waals surface area contributed by atoms with Gasteiger partial charge in [0, 0.05) is 17.8 Å². The van der Waals surface area contributed by atoms with Crippen molar-refractivity contribution in [2.45, 2.75) is 17.9 Å². The number of benzene rings is 2. The van der Waals surface area contributed by atoms with Crippen molar-refractivity contribution in [1.82, 2.24) is 10.2 Å². The summed E-state index contributed by atoms with van der Waals surface area (Å²) in [7, 11) is -0.0348. The van der Waals surface area contributed by atoms with Crippen LogP contribution in [-0.4, -0.2) is 39.9 Å². The third-order valence-corrected chi connectivity index (χ3v) is 6.01. The normalized spacial score (nSPS) is 12.5. The monoisotopic (exact) mass is 427 g/mol. The number of nitrogens with one attached hydrogen (secondary N) is 2. The van der Waals surface area contributed by atoms with E-state index in [1.54, 1.807) is 42.7 Å². The van der Waals surface area contributed by atoms with Crippen molar-refractivity contribution in [3.8, 4) is 0 Å². The molecule has 30 heavy (non-hydrogen) atoms. The number of rotatable bonds is 8. The van der Waals surface area contributed by atoms with Gasteiger partial charge >= 0.3 is 0 Å². The van der Waals surface area contributed by atoms with Gasteiger partial charge in [0.1, 0.15) is 5.76 Å². The van der Waals surface area contributed by atoms with Crippen molar-refractivity contribution in [3.63, 3.8) is 0 Å². The summed E-state index contributed by atoms with van der Waals surface area (Å²) in [6.07, 6.45) is 1.59. The number of sulfonamides is 1. The third-order valence-electron chi connectivity index (χ3n) is 4.63. The number of hydrogen-bond donors (Lipinski definition) is 2. The minimum Gasteiger partial charge on any atom is -0.468 e. The maximum absolute atomic E-state index is 12.7. The quantitative estimate of drug-likeness (QED) is 0.575. The van der Waals surface area contributed by atoms with E-state index in [2.05, 4.69) is 10.0 Å².